The van der Waals surface area contributed by atoms with Gasteiger partial charge in [-0.3, -0.25) is 0 Å². The summed E-state index contributed by atoms with van der Waals surface area (Å²) in [5.74, 6) is 0.607. The van der Waals surface area contributed by atoms with Crippen LogP contribution in [-0.2, 0) is 12.8 Å². The molecule has 2 aromatic heterocycles. The molecule has 3 aromatic carbocycles. The van der Waals surface area contributed by atoms with Crippen LogP contribution in [0.25, 0.3) is 28.0 Å². The molecule has 8 heteroatoms. The maximum atomic E-state index is 13.9. The van der Waals surface area contributed by atoms with Gasteiger partial charge in [0.25, 0.3) is 0 Å². The lowest BCUT2D eigenvalue weighted by Gasteiger charge is -2.12. The molecule has 4 nitrogen and oxygen atoms in total. The summed E-state index contributed by atoms with van der Waals surface area (Å²) in [6.45, 7) is 0.392. The van der Waals surface area contributed by atoms with E-state index >= 15 is 0 Å². The third-order valence-electron chi connectivity index (χ3n) is 5.32. The maximum Gasteiger partial charge on any atom is 0.433 e. The highest BCUT2D eigenvalue weighted by molar-refractivity contribution is 6.30. The van der Waals surface area contributed by atoms with E-state index in [-0.39, 0.29) is 11.3 Å². The van der Waals surface area contributed by atoms with Crippen molar-refractivity contribution in [3.8, 4) is 28.1 Å². The minimum absolute atomic E-state index is 0.108. The second-order valence-electron chi connectivity index (χ2n) is 7.62. The number of fused-ring (bicyclic) bond motifs is 1. The summed E-state index contributed by atoms with van der Waals surface area (Å²) >= 11 is 5.96. The van der Waals surface area contributed by atoms with Gasteiger partial charge in [-0.05, 0) is 53.6 Å². The fourth-order valence-electron chi connectivity index (χ4n) is 3.61. The van der Waals surface area contributed by atoms with Crippen molar-refractivity contribution < 1.29 is 17.9 Å². The number of benzene rings is 3. The van der Waals surface area contributed by atoms with Gasteiger partial charge in [0.05, 0.1) is 11.9 Å². The van der Waals surface area contributed by atoms with E-state index < -0.39 is 11.9 Å². The normalized spacial score (nSPS) is 11.6. The molecule has 0 unspecified atom stereocenters. The zero-order valence-electron chi connectivity index (χ0n) is 17.6. The molecule has 0 radical (unpaired) electrons. The lowest BCUT2D eigenvalue weighted by atomic mass is 10.1. The van der Waals surface area contributed by atoms with Gasteiger partial charge in [0, 0.05) is 16.1 Å². The van der Waals surface area contributed by atoms with Crippen molar-refractivity contribution in [2.24, 2.45) is 0 Å². The van der Waals surface area contributed by atoms with Crippen molar-refractivity contribution in [2.75, 3.05) is 0 Å². The van der Waals surface area contributed by atoms with Gasteiger partial charge in [-0.15, -0.1) is 0 Å². The molecule has 0 amide bonds. The minimum Gasteiger partial charge on any atom is -0.489 e. The molecular formula is C26H17ClF3N3O. The van der Waals surface area contributed by atoms with Gasteiger partial charge in [0.1, 0.15) is 12.4 Å². The molecule has 0 aliphatic rings. The summed E-state index contributed by atoms with van der Waals surface area (Å²) in [4.78, 5) is 4.53. The fourth-order valence-corrected chi connectivity index (χ4v) is 3.73. The first kappa shape index (κ1) is 22.0. The maximum absolute atomic E-state index is 13.9. The summed E-state index contributed by atoms with van der Waals surface area (Å²) in [6, 6.07) is 24.3. The van der Waals surface area contributed by atoms with E-state index in [2.05, 4.69) is 10.1 Å². The third kappa shape index (κ3) is 4.47. The Balaban J connectivity index is 1.52. The van der Waals surface area contributed by atoms with Crippen LogP contribution in [0.4, 0.5) is 13.2 Å². The average molecular weight is 480 g/mol. The van der Waals surface area contributed by atoms with Crippen molar-refractivity contribution in [3.63, 3.8) is 0 Å². The monoisotopic (exact) mass is 479 g/mol. The van der Waals surface area contributed by atoms with Crippen LogP contribution in [0.5, 0.6) is 5.75 Å². The number of hydrogen-bond acceptors (Lipinski definition) is 3. The van der Waals surface area contributed by atoms with Gasteiger partial charge in [-0.1, -0.05) is 54.1 Å². The van der Waals surface area contributed by atoms with Crippen molar-refractivity contribution in [3.05, 3.63) is 107 Å². The van der Waals surface area contributed by atoms with Gasteiger partial charge >= 0.3 is 6.18 Å². The topological polar surface area (TPSA) is 39.4 Å². The lowest BCUT2D eigenvalue weighted by Crippen LogP contribution is -2.13. The largest absolute Gasteiger partial charge is 0.489 e. The first-order valence-corrected chi connectivity index (χ1v) is 10.8. The van der Waals surface area contributed by atoms with Crippen LogP contribution in [0, 0.1) is 0 Å². The van der Waals surface area contributed by atoms with E-state index in [1.165, 1.54) is 6.20 Å². The summed E-state index contributed by atoms with van der Waals surface area (Å²) in [5, 5.41) is 4.49. The van der Waals surface area contributed by atoms with Gasteiger partial charge in [0.15, 0.2) is 11.3 Å². The molecule has 34 heavy (non-hydrogen) atoms. The molecule has 0 aliphatic heterocycles. The second kappa shape index (κ2) is 8.83. The standard InChI is InChI=1S/C26H17ClF3N3O/c27-20-10-6-18(7-11-20)22-15-31-33-24(26(28,29)30)14-23(32-25(22)33)19-8-12-21(13-9-19)34-16-17-4-2-1-3-5-17/h1-15H,16H2. The van der Waals surface area contributed by atoms with Crippen LogP contribution in [-0.4, -0.2) is 14.6 Å². The summed E-state index contributed by atoms with van der Waals surface area (Å²) in [5.41, 5.74) is 2.08. The van der Waals surface area contributed by atoms with Gasteiger partial charge in [-0.25, -0.2) is 9.50 Å². The Morgan fingerprint density at radius 3 is 2.21 bits per heavy atom. The van der Waals surface area contributed by atoms with Crippen LogP contribution in [0.15, 0.2) is 91.1 Å². The van der Waals surface area contributed by atoms with Crippen molar-refractivity contribution >= 4 is 17.2 Å². The Kier molecular flexibility index (Phi) is 5.71. The Hall–Kier alpha value is -3.84. The highest BCUT2D eigenvalue weighted by Gasteiger charge is 2.35. The smallest absolute Gasteiger partial charge is 0.433 e. The number of alkyl halides is 3. The van der Waals surface area contributed by atoms with E-state index in [0.717, 1.165) is 16.1 Å². The predicted molar refractivity (Wildman–Crippen MR) is 125 cm³/mol. The number of rotatable bonds is 5. The van der Waals surface area contributed by atoms with Gasteiger partial charge in [-0.2, -0.15) is 18.3 Å². The molecule has 5 rings (SSSR count). The molecule has 0 fully saturated rings. The van der Waals surface area contributed by atoms with E-state index in [0.29, 0.717) is 34.1 Å². The van der Waals surface area contributed by atoms with Crippen LogP contribution in [0.2, 0.25) is 5.02 Å². The number of halogens is 4. The first-order chi connectivity index (χ1) is 16.4. The van der Waals surface area contributed by atoms with E-state index in [1.54, 1.807) is 48.5 Å². The quantitative estimate of drug-likeness (QED) is 0.265. The zero-order valence-corrected chi connectivity index (χ0v) is 18.4. The lowest BCUT2D eigenvalue weighted by molar-refractivity contribution is -0.142. The second-order valence-corrected chi connectivity index (χ2v) is 8.06. The van der Waals surface area contributed by atoms with Crippen LogP contribution in [0.3, 0.4) is 0 Å². The van der Waals surface area contributed by atoms with Crippen LogP contribution in [0.1, 0.15) is 11.3 Å². The third-order valence-corrected chi connectivity index (χ3v) is 5.57. The Morgan fingerprint density at radius 1 is 0.853 bits per heavy atom. The number of hydrogen-bond donors (Lipinski definition) is 0. The Morgan fingerprint density at radius 2 is 1.53 bits per heavy atom. The number of nitrogens with zero attached hydrogens (tertiary/aromatic N) is 3. The van der Waals surface area contributed by atoms with E-state index in [4.69, 9.17) is 16.3 Å². The van der Waals surface area contributed by atoms with Gasteiger partial charge < -0.3 is 4.74 Å². The molecule has 0 saturated heterocycles. The van der Waals surface area contributed by atoms with Crippen LogP contribution >= 0.6 is 11.6 Å². The zero-order chi connectivity index (χ0) is 23.7. The number of aromatic nitrogens is 3. The van der Waals surface area contributed by atoms with Crippen molar-refractivity contribution in [1.29, 1.82) is 0 Å². The predicted octanol–water partition coefficient (Wildman–Crippen LogP) is 7.31. The van der Waals surface area contributed by atoms with E-state index in [9.17, 15) is 13.2 Å². The summed E-state index contributed by atoms with van der Waals surface area (Å²) in [7, 11) is 0. The molecule has 0 atom stereocenters. The molecule has 170 valence electrons. The SMILES string of the molecule is FC(F)(F)c1cc(-c2ccc(OCc3ccccc3)cc2)nc2c(-c3ccc(Cl)cc3)cnn12. The average Bonchev–Trinajstić information content (AvgIpc) is 3.27. The van der Waals surface area contributed by atoms with Crippen molar-refractivity contribution in [1.82, 2.24) is 14.6 Å². The van der Waals surface area contributed by atoms with Crippen LogP contribution < -0.4 is 4.74 Å². The first-order valence-electron chi connectivity index (χ1n) is 10.4. The molecule has 0 bridgehead atoms. The van der Waals surface area contributed by atoms with E-state index in [1.807, 2.05) is 30.3 Å². The highest BCUT2D eigenvalue weighted by Crippen LogP contribution is 2.35. The summed E-state index contributed by atoms with van der Waals surface area (Å²) < 4.78 is 48.2. The number of ether oxygens (including phenoxy) is 1. The molecule has 2 heterocycles. The van der Waals surface area contributed by atoms with Gasteiger partial charge in [0.2, 0.25) is 0 Å². The summed E-state index contributed by atoms with van der Waals surface area (Å²) in [6.07, 6.45) is -3.23. The molecular weight excluding hydrogens is 463 g/mol. The molecule has 0 saturated carbocycles. The molecule has 0 aliphatic carbocycles. The Labute approximate surface area is 198 Å². The fraction of sp³-hybridized carbons (Fsp3) is 0.0769. The highest BCUT2D eigenvalue weighted by atomic mass is 35.5. The molecule has 0 N–H and O–H groups in total. The van der Waals surface area contributed by atoms with Crippen molar-refractivity contribution in [2.45, 2.75) is 12.8 Å². The molecule has 0 spiro atoms. The molecule has 5 aromatic rings. The minimum atomic E-state index is -4.61. The Bertz CT molecular complexity index is 1430.